The van der Waals surface area contributed by atoms with E-state index in [-0.39, 0.29) is 5.70 Å². The van der Waals surface area contributed by atoms with E-state index in [1.165, 1.54) is 13.3 Å². The van der Waals surface area contributed by atoms with Gasteiger partial charge in [0.15, 0.2) is 5.70 Å². The molecule has 0 unspecified atom stereocenters. The Morgan fingerprint density at radius 2 is 2.20 bits per heavy atom. The summed E-state index contributed by atoms with van der Waals surface area (Å²) in [6.07, 6.45) is 1.18. The molecule has 0 amide bonds. The lowest BCUT2D eigenvalue weighted by Gasteiger charge is -1.94. The normalized spacial score (nSPS) is 10.3. The molecule has 0 bridgehead atoms. The van der Waals surface area contributed by atoms with Crippen molar-refractivity contribution >= 4 is 19.4 Å². The van der Waals surface area contributed by atoms with Gasteiger partial charge in [0, 0.05) is 0 Å². The summed E-state index contributed by atoms with van der Waals surface area (Å²) >= 11 is 0. The molecule has 0 rings (SSSR count). The van der Waals surface area contributed by atoms with Crippen molar-refractivity contribution < 1.29 is 9.53 Å². The molecule has 0 fully saturated rings. The first-order valence-corrected chi connectivity index (χ1v) is 2.47. The van der Waals surface area contributed by atoms with Crippen molar-refractivity contribution in [1.82, 2.24) is 0 Å². The monoisotopic (exact) mass is 140 g/mol. The molecule has 0 saturated carbocycles. The van der Waals surface area contributed by atoms with Gasteiger partial charge in [-0.25, -0.2) is 4.79 Å². The number of aliphatic imine (C=N–C) groups is 2. The second-order valence-electron chi connectivity index (χ2n) is 1.35. The lowest BCUT2D eigenvalue weighted by Crippen LogP contribution is -2.01. The second kappa shape index (κ2) is 4.43. The predicted molar refractivity (Wildman–Crippen MR) is 39.2 cm³/mol. The van der Waals surface area contributed by atoms with Gasteiger partial charge < -0.3 is 4.74 Å². The Hall–Kier alpha value is -1.45. The van der Waals surface area contributed by atoms with E-state index in [2.05, 4.69) is 28.2 Å². The zero-order valence-corrected chi connectivity index (χ0v) is 5.70. The number of carbonyl (C=O) groups excluding carboxylic acids is 1. The van der Waals surface area contributed by atoms with Gasteiger partial charge in [-0.05, 0) is 13.4 Å². The molecule has 10 heavy (non-hydrogen) atoms. The molecule has 0 aromatic carbocycles. The molecule has 54 valence electrons. The minimum Gasteiger partial charge on any atom is -0.464 e. The molecule has 0 spiro atoms. The van der Waals surface area contributed by atoms with Gasteiger partial charge in [0.1, 0.15) is 0 Å². The molecule has 0 aliphatic carbocycles. The first-order chi connectivity index (χ1) is 4.76. The molecule has 0 aromatic rings. The Balaban J connectivity index is 4.34. The molecule has 4 nitrogen and oxygen atoms in total. The van der Waals surface area contributed by atoms with E-state index in [9.17, 15) is 4.79 Å². The Morgan fingerprint density at radius 3 is 2.50 bits per heavy atom. The van der Waals surface area contributed by atoms with Crippen LogP contribution in [0.25, 0.3) is 0 Å². The van der Waals surface area contributed by atoms with Crippen molar-refractivity contribution in [3.8, 4) is 0 Å². The SMILES string of the molecule is C=N/C=C(\N=C)C(=O)OC. The number of hydrogen-bond acceptors (Lipinski definition) is 4. The molecule has 0 aliphatic heterocycles. The topological polar surface area (TPSA) is 51.0 Å². The highest BCUT2D eigenvalue weighted by molar-refractivity contribution is 5.88. The summed E-state index contributed by atoms with van der Waals surface area (Å²) in [5, 5.41) is 0. The molecular formula is C6H8N2O2. The van der Waals surface area contributed by atoms with Gasteiger partial charge in [0.2, 0.25) is 0 Å². The number of esters is 1. The molecule has 0 saturated heterocycles. The molecular weight excluding hydrogens is 132 g/mol. The lowest BCUT2D eigenvalue weighted by molar-refractivity contribution is -0.136. The molecule has 0 aromatic heterocycles. The Labute approximate surface area is 58.9 Å². The molecule has 0 N–H and O–H groups in total. The van der Waals surface area contributed by atoms with E-state index in [1.807, 2.05) is 0 Å². The summed E-state index contributed by atoms with van der Waals surface area (Å²) in [5.41, 5.74) is 0.0532. The Morgan fingerprint density at radius 1 is 1.60 bits per heavy atom. The van der Waals surface area contributed by atoms with Gasteiger partial charge in [0.05, 0.1) is 13.3 Å². The fourth-order valence-corrected chi connectivity index (χ4v) is 0.349. The number of nitrogens with zero attached hydrogens (tertiary/aromatic N) is 2. The zero-order valence-electron chi connectivity index (χ0n) is 5.70. The summed E-state index contributed by atoms with van der Waals surface area (Å²) in [7, 11) is 1.25. The highest BCUT2D eigenvalue weighted by Crippen LogP contribution is 1.97. The molecule has 0 aliphatic rings. The lowest BCUT2D eigenvalue weighted by atomic mass is 10.5. The van der Waals surface area contributed by atoms with Crippen LogP contribution in [0.1, 0.15) is 0 Å². The number of rotatable bonds is 3. The average molecular weight is 140 g/mol. The maximum Gasteiger partial charge on any atom is 0.358 e. The van der Waals surface area contributed by atoms with Crippen molar-refractivity contribution in [2.45, 2.75) is 0 Å². The average Bonchev–Trinajstić information content (AvgIpc) is 1.99. The van der Waals surface area contributed by atoms with Crippen molar-refractivity contribution in [1.29, 1.82) is 0 Å². The van der Waals surface area contributed by atoms with Crippen molar-refractivity contribution in [3.05, 3.63) is 11.9 Å². The largest absolute Gasteiger partial charge is 0.464 e. The van der Waals surface area contributed by atoms with Crippen LogP contribution in [-0.4, -0.2) is 26.5 Å². The molecule has 4 heteroatoms. The quantitative estimate of drug-likeness (QED) is 0.323. The van der Waals surface area contributed by atoms with Gasteiger partial charge in [-0.2, -0.15) is 0 Å². The van der Waals surface area contributed by atoms with Gasteiger partial charge >= 0.3 is 5.97 Å². The zero-order chi connectivity index (χ0) is 7.98. The molecule has 0 heterocycles. The van der Waals surface area contributed by atoms with Gasteiger partial charge in [-0.1, -0.05) is 0 Å². The third kappa shape index (κ3) is 2.21. The van der Waals surface area contributed by atoms with Gasteiger partial charge in [-0.15, -0.1) is 0 Å². The standard InChI is InChI=1S/C6H8N2O2/c1-7-4-5(8-2)6(9)10-3/h4H,1-2H2,3H3/b5-4-. The summed E-state index contributed by atoms with van der Waals surface area (Å²) in [6.45, 7) is 6.28. The number of ether oxygens (including phenoxy) is 1. The molecule has 0 radical (unpaired) electrons. The number of carbonyl (C=O) groups is 1. The summed E-state index contributed by atoms with van der Waals surface area (Å²) in [5.74, 6) is -0.567. The van der Waals surface area contributed by atoms with E-state index < -0.39 is 5.97 Å². The van der Waals surface area contributed by atoms with E-state index in [4.69, 9.17) is 0 Å². The fourth-order valence-electron chi connectivity index (χ4n) is 0.349. The number of hydrogen-bond donors (Lipinski definition) is 0. The van der Waals surface area contributed by atoms with Crippen LogP contribution in [-0.2, 0) is 9.53 Å². The van der Waals surface area contributed by atoms with Crippen LogP contribution in [0.3, 0.4) is 0 Å². The first kappa shape index (κ1) is 8.55. The maximum atomic E-state index is 10.6. The van der Waals surface area contributed by atoms with E-state index in [0.29, 0.717) is 0 Å². The van der Waals surface area contributed by atoms with E-state index in [1.54, 1.807) is 0 Å². The van der Waals surface area contributed by atoms with Crippen molar-refractivity contribution in [3.63, 3.8) is 0 Å². The van der Waals surface area contributed by atoms with Gasteiger partial charge in [-0.3, -0.25) is 9.98 Å². The minimum atomic E-state index is -0.567. The Bertz CT molecular complexity index is 184. The smallest absolute Gasteiger partial charge is 0.358 e. The minimum absolute atomic E-state index is 0.0532. The van der Waals surface area contributed by atoms with Crippen molar-refractivity contribution in [2.24, 2.45) is 9.98 Å². The van der Waals surface area contributed by atoms with Crippen molar-refractivity contribution in [2.75, 3.05) is 7.11 Å². The maximum absolute atomic E-state index is 10.6. The second-order valence-corrected chi connectivity index (χ2v) is 1.35. The summed E-state index contributed by atoms with van der Waals surface area (Å²) in [4.78, 5) is 17.3. The van der Waals surface area contributed by atoms with Crippen LogP contribution in [0, 0.1) is 0 Å². The predicted octanol–water partition coefficient (Wildman–Crippen LogP) is 0.402. The van der Waals surface area contributed by atoms with Crippen LogP contribution < -0.4 is 0 Å². The third-order valence-corrected chi connectivity index (χ3v) is 0.778. The van der Waals surface area contributed by atoms with Crippen LogP contribution in [0.15, 0.2) is 21.9 Å². The van der Waals surface area contributed by atoms with Crippen LogP contribution >= 0.6 is 0 Å². The van der Waals surface area contributed by atoms with E-state index >= 15 is 0 Å². The third-order valence-electron chi connectivity index (χ3n) is 0.778. The first-order valence-electron chi connectivity index (χ1n) is 2.47. The highest BCUT2D eigenvalue weighted by atomic mass is 16.5. The summed E-state index contributed by atoms with van der Waals surface area (Å²) < 4.78 is 4.33. The van der Waals surface area contributed by atoms with E-state index in [0.717, 1.165) is 0 Å². The summed E-state index contributed by atoms with van der Waals surface area (Å²) in [6, 6.07) is 0. The van der Waals surface area contributed by atoms with Crippen LogP contribution in [0.5, 0.6) is 0 Å². The fraction of sp³-hybridized carbons (Fsp3) is 0.167. The highest BCUT2D eigenvalue weighted by Gasteiger charge is 2.04. The van der Waals surface area contributed by atoms with Gasteiger partial charge in [0.25, 0.3) is 0 Å². The Kier molecular flexibility index (Phi) is 3.79. The van der Waals surface area contributed by atoms with Crippen LogP contribution in [0.2, 0.25) is 0 Å². The van der Waals surface area contributed by atoms with Crippen LogP contribution in [0.4, 0.5) is 0 Å². The molecule has 0 atom stereocenters. The number of methoxy groups -OCH3 is 1.